The fourth-order valence-corrected chi connectivity index (χ4v) is 7.93. The zero-order chi connectivity index (χ0) is 14.6. The van der Waals surface area contributed by atoms with E-state index in [2.05, 4.69) is 60.8 Å². The van der Waals surface area contributed by atoms with Gasteiger partial charge in [-0.3, -0.25) is 0 Å². The molecule has 0 amide bonds. The van der Waals surface area contributed by atoms with Crippen molar-refractivity contribution >= 4 is 29.1 Å². The van der Waals surface area contributed by atoms with Gasteiger partial charge in [-0.05, 0) is 46.5 Å². The van der Waals surface area contributed by atoms with E-state index in [1.165, 1.54) is 0 Å². The Balaban J connectivity index is 4.46. The largest absolute Gasteiger partial charge is 0.416 e. The molecule has 2 nitrogen and oxygen atoms in total. The van der Waals surface area contributed by atoms with Gasteiger partial charge >= 0.3 is 0 Å². The third-order valence-electron chi connectivity index (χ3n) is 2.76. The van der Waals surface area contributed by atoms with Gasteiger partial charge in [-0.15, -0.1) is 11.8 Å². The van der Waals surface area contributed by atoms with Gasteiger partial charge in [-0.1, -0.05) is 20.8 Å². The van der Waals surface area contributed by atoms with Crippen LogP contribution in [0.1, 0.15) is 41.0 Å². The Kier molecular flexibility index (Phi) is 7.77. The van der Waals surface area contributed by atoms with E-state index in [9.17, 15) is 0 Å². The lowest BCUT2D eigenvalue weighted by molar-refractivity contribution is 0.154. The van der Waals surface area contributed by atoms with E-state index in [1.54, 1.807) is 0 Å². The maximum absolute atomic E-state index is 6.40. The van der Waals surface area contributed by atoms with Gasteiger partial charge in [-0.25, -0.2) is 0 Å². The van der Waals surface area contributed by atoms with E-state index in [4.69, 9.17) is 8.85 Å². The smallest absolute Gasteiger partial charge is 0.202 e. The lowest BCUT2D eigenvalue weighted by Crippen LogP contribution is -2.44. The lowest BCUT2D eigenvalue weighted by atomic mass is 10.3. The van der Waals surface area contributed by atoms with Gasteiger partial charge in [-0.2, -0.15) is 0 Å². The van der Waals surface area contributed by atoms with Crippen LogP contribution in [0.5, 0.6) is 0 Å². The van der Waals surface area contributed by atoms with Crippen LogP contribution in [0.15, 0.2) is 0 Å². The molecular formula is C13H32O2SSi2. The van der Waals surface area contributed by atoms with Crippen LogP contribution in [0.2, 0.25) is 26.2 Å². The molecule has 0 spiro atoms. The average Bonchev–Trinajstić information content (AvgIpc) is 2.13. The molecule has 0 bridgehead atoms. The number of hydrogen-bond donors (Lipinski definition) is 0. The quantitative estimate of drug-likeness (QED) is 0.489. The molecule has 0 radical (unpaired) electrons. The van der Waals surface area contributed by atoms with Crippen molar-refractivity contribution in [3.05, 3.63) is 0 Å². The van der Waals surface area contributed by atoms with Crippen LogP contribution in [-0.4, -0.2) is 33.3 Å². The van der Waals surface area contributed by atoms with E-state index in [1.807, 2.05) is 11.8 Å². The van der Waals surface area contributed by atoms with Crippen molar-refractivity contribution < 1.29 is 8.85 Å². The summed E-state index contributed by atoms with van der Waals surface area (Å²) >= 11 is 1.93. The number of rotatable bonds is 8. The van der Waals surface area contributed by atoms with Crippen LogP contribution in [0.25, 0.3) is 0 Å². The zero-order valence-corrected chi connectivity index (χ0v) is 16.6. The van der Waals surface area contributed by atoms with Crippen LogP contribution >= 0.6 is 11.8 Å². The SMILES string of the molecule is CCC(C)(O[SiH](C)C(C)O[Si](C)(C)C)SC(C)C. The fraction of sp³-hybridized carbons (Fsp3) is 1.00. The van der Waals surface area contributed by atoms with Crippen molar-refractivity contribution in [3.63, 3.8) is 0 Å². The summed E-state index contributed by atoms with van der Waals surface area (Å²) in [6.07, 6.45) is 1.05. The van der Waals surface area contributed by atoms with Crippen LogP contribution < -0.4 is 0 Å². The predicted molar refractivity (Wildman–Crippen MR) is 89.4 cm³/mol. The van der Waals surface area contributed by atoms with Crippen LogP contribution in [0.4, 0.5) is 0 Å². The Hall–Kier alpha value is 0.704. The molecule has 0 heterocycles. The maximum Gasteiger partial charge on any atom is 0.202 e. The highest BCUT2D eigenvalue weighted by Gasteiger charge is 2.31. The Labute approximate surface area is 121 Å². The minimum absolute atomic E-state index is 0.0448. The van der Waals surface area contributed by atoms with Crippen molar-refractivity contribution in [2.24, 2.45) is 0 Å². The van der Waals surface area contributed by atoms with Crippen LogP contribution in [0.3, 0.4) is 0 Å². The van der Waals surface area contributed by atoms with Gasteiger partial charge < -0.3 is 8.85 Å². The zero-order valence-electron chi connectivity index (χ0n) is 13.7. The second-order valence-electron chi connectivity index (χ2n) is 6.41. The van der Waals surface area contributed by atoms with E-state index >= 15 is 0 Å². The molecule has 3 unspecified atom stereocenters. The molecule has 5 heteroatoms. The molecule has 110 valence electrons. The van der Waals surface area contributed by atoms with E-state index in [-0.39, 0.29) is 4.93 Å². The molecule has 0 aromatic rings. The summed E-state index contributed by atoms with van der Waals surface area (Å²) in [5.74, 6) is 0. The summed E-state index contributed by atoms with van der Waals surface area (Å²) in [7, 11) is -2.76. The molecule has 0 saturated carbocycles. The Bertz CT molecular complexity index is 244. The fourth-order valence-electron chi connectivity index (χ4n) is 1.84. The summed E-state index contributed by atoms with van der Waals surface area (Å²) in [5, 5.41) is 0.601. The number of thioether (sulfide) groups is 1. The van der Waals surface area contributed by atoms with Gasteiger partial charge in [0.15, 0.2) is 8.32 Å². The van der Waals surface area contributed by atoms with Crippen molar-refractivity contribution in [1.29, 1.82) is 0 Å². The Morgan fingerprint density at radius 1 is 1.22 bits per heavy atom. The van der Waals surface area contributed by atoms with E-state index in [0.29, 0.717) is 11.0 Å². The Morgan fingerprint density at radius 2 is 1.72 bits per heavy atom. The molecule has 0 aromatic heterocycles. The second-order valence-corrected chi connectivity index (χ2v) is 15.5. The summed E-state index contributed by atoms with van der Waals surface area (Å²) in [6.45, 7) is 20.1. The minimum Gasteiger partial charge on any atom is -0.416 e. The highest BCUT2D eigenvalue weighted by atomic mass is 32.2. The third kappa shape index (κ3) is 7.99. The van der Waals surface area contributed by atoms with Gasteiger partial charge in [0, 0.05) is 5.25 Å². The first-order valence-corrected chi connectivity index (χ1v) is 13.6. The predicted octanol–water partition coefficient (Wildman–Crippen LogP) is 4.40. The molecule has 0 saturated heterocycles. The number of hydrogen-bond acceptors (Lipinski definition) is 3. The minimum atomic E-state index is -1.45. The molecule has 0 rings (SSSR count). The maximum atomic E-state index is 6.40. The van der Waals surface area contributed by atoms with Crippen molar-refractivity contribution in [2.45, 2.75) is 83.1 Å². The first kappa shape index (κ1) is 18.7. The monoisotopic (exact) mass is 308 g/mol. The summed E-state index contributed by atoms with van der Waals surface area (Å²) < 4.78 is 12.6. The summed E-state index contributed by atoms with van der Waals surface area (Å²) in [4.78, 5) is -0.0448. The van der Waals surface area contributed by atoms with E-state index in [0.717, 1.165) is 6.42 Å². The Morgan fingerprint density at radius 3 is 2.06 bits per heavy atom. The third-order valence-corrected chi connectivity index (χ3v) is 7.99. The van der Waals surface area contributed by atoms with Gasteiger partial charge in [0.25, 0.3) is 0 Å². The molecule has 0 aliphatic heterocycles. The van der Waals surface area contributed by atoms with Crippen molar-refractivity contribution in [2.75, 3.05) is 0 Å². The van der Waals surface area contributed by atoms with Gasteiger partial charge in [0.2, 0.25) is 9.04 Å². The average molecular weight is 309 g/mol. The van der Waals surface area contributed by atoms with Crippen molar-refractivity contribution in [3.8, 4) is 0 Å². The molecular weight excluding hydrogens is 276 g/mol. The second kappa shape index (κ2) is 7.48. The molecule has 0 aliphatic rings. The first-order valence-electron chi connectivity index (χ1n) is 7.02. The van der Waals surface area contributed by atoms with Gasteiger partial charge in [0.1, 0.15) is 0 Å². The summed E-state index contributed by atoms with van der Waals surface area (Å²) in [6, 6.07) is 0. The topological polar surface area (TPSA) is 18.5 Å². The van der Waals surface area contributed by atoms with Crippen LogP contribution in [-0.2, 0) is 8.85 Å². The highest BCUT2D eigenvalue weighted by Crippen LogP contribution is 2.34. The van der Waals surface area contributed by atoms with Gasteiger partial charge in [0.05, 0.1) is 10.7 Å². The standard InChI is InChI=1S/C13H32O2SSi2/c1-10-13(5,16-11(2)3)15-17(6)12(4)14-18(7,8)9/h11-12,17H,10H2,1-9H3. The van der Waals surface area contributed by atoms with Crippen LogP contribution in [0, 0.1) is 0 Å². The molecule has 3 atom stereocenters. The normalized spacial score (nSPS) is 19.7. The lowest BCUT2D eigenvalue weighted by Gasteiger charge is -2.36. The highest BCUT2D eigenvalue weighted by molar-refractivity contribution is 8.01. The molecule has 18 heavy (non-hydrogen) atoms. The van der Waals surface area contributed by atoms with Crippen molar-refractivity contribution in [1.82, 2.24) is 0 Å². The van der Waals surface area contributed by atoms with E-state index < -0.39 is 17.4 Å². The first-order chi connectivity index (χ1) is 7.99. The molecule has 0 aromatic carbocycles. The molecule has 0 fully saturated rings. The molecule has 0 aliphatic carbocycles. The summed E-state index contributed by atoms with van der Waals surface area (Å²) in [5.41, 5.74) is 0.301. The molecule has 0 N–H and O–H groups in total.